The lowest BCUT2D eigenvalue weighted by Crippen LogP contribution is -2.31. The monoisotopic (exact) mass is 279 g/mol. The van der Waals surface area contributed by atoms with Gasteiger partial charge in [0, 0.05) is 12.6 Å². The average Bonchev–Trinajstić information content (AvgIpc) is 2.45. The van der Waals surface area contributed by atoms with Gasteiger partial charge in [-0.05, 0) is 44.5 Å². The van der Waals surface area contributed by atoms with Gasteiger partial charge in [-0.25, -0.2) is 0 Å². The summed E-state index contributed by atoms with van der Waals surface area (Å²) in [5.74, 6) is 0.681. The first-order valence-corrected chi connectivity index (χ1v) is 6.92. The first-order valence-electron chi connectivity index (χ1n) is 6.92. The van der Waals surface area contributed by atoms with E-state index in [1.807, 2.05) is 18.2 Å². The highest BCUT2D eigenvalue weighted by atomic mass is 16.5. The number of hydrogen-bond acceptors (Lipinski definition) is 4. The van der Waals surface area contributed by atoms with E-state index in [1.165, 1.54) is 0 Å². The molecule has 0 aliphatic carbocycles. The van der Waals surface area contributed by atoms with E-state index in [0.717, 1.165) is 25.1 Å². The van der Waals surface area contributed by atoms with Gasteiger partial charge in [0.05, 0.1) is 12.7 Å². The average molecular weight is 279 g/mol. The molecule has 20 heavy (non-hydrogen) atoms. The third-order valence-electron chi connectivity index (χ3n) is 3.28. The number of nitrogens with two attached hydrogens (primary N) is 1. The Morgan fingerprint density at radius 2 is 2.15 bits per heavy atom. The second-order valence-electron chi connectivity index (χ2n) is 5.08. The molecular weight excluding hydrogens is 254 g/mol. The van der Waals surface area contributed by atoms with Gasteiger partial charge < -0.3 is 15.7 Å². The largest absolute Gasteiger partial charge is 0.496 e. The molecule has 5 nitrogen and oxygen atoms in total. The quantitative estimate of drug-likeness (QED) is 0.348. The van der Waals surface area contributed by atoms with Crippen LogP contribution in [0.2, 0.25) is 0 Å². The van der Waals surface area contributed by atoms with Crippen molar-refractivity contribution in [3.8, 4) is 5.75 Å². The lowest BCUT2D eigenvalue weighted by atomic mass is 10.1. The summed E-state index contributed by atoms with van der Waals surface area (Å²) in [4.78, 5) is 2.40. The van der Waals surface area contributed by atoms with Crippen LogP contribution >= 0.6 is 0 Å². The Balaban J connectivity index is 2.97. The molecule has 0 saturated heterocycles. The maximum absolute atomic E-state index is 8.76. The number of rotatable bonds is 7. The number of oxime groups is 1. The summed E-state index contributed by atoms with van der Waals surface area (Å²) in [6.45, 7) is 8.48. The molecule has 3 N–H and O–H groups in total. The van der Waals surface area contributed by atoms with Crippen LogP contribution in [-0.4, -0.2) is 35.6 Å². The molecule has 0 spiro atoms. The van der Waals surface area contributed by atoms with Crippen LogP contribution in [0.25, 0.3) is 0 Å². The maximum atomic E-state index is 8.76. The molecule has 0 amide bonds. The maximum Gasteiger partial charge on any atom is 0.173 e. The van der Waals surface area contributed by atoms with E-state index >= 15 is 0 Å². The summed E-state index contributed by atoms with van der Waals surface area (Å²) in [5, 5.41) is 11.8. The zero-order valence-electron chi connectivity index (χ0n) is 12.8. The van der Waals surface area contributed by atoms with Crippen molar-refractivity contribution >= 4 is 5.84 Å². The van der Waals surface area contributed by atoms with Crippen LogP contribution in [0.1, 0.15) is 38.3 Å². The number of benzene rings is 1. The molecular formula is C15H25N3O2. The minimum atomic E-state index is 0.0580. The minimum absolute atomic E-state index is 0.0580. The predicted molar refractivity (Wildman–Crippen MR) is 81.3 cm³/mol. The predicted octanol–water partition coefficient (Wildman–Crippen LogP) is 2.41. The first kappa shape index (κ1) is 16.3. The minimum Gasteiger partial charge on any atom is -0.496 e. The molecule has 0 aliphatic heterocycles. The first-order chi connectivity index (χ1) is 9.53. The van der Waals surface area contributed by atoms with Crippen molar-refractivity contribution in [2.45, 2.75) is 39.8 Å². The van der Waals surface area contributed by atoms with Crippen molar-refractivity contribution in [2.24, 2.45) is 10.9 Å². The molecule has 0 radical (unpaired) electrons. The van der Waals surface area contributed by atoms with Gasteiger partial charge in [0.2, 0.25) is 0 Å². The van der Waals surface area contributed by atoms with Crippen LogP contribution in [0.5, 0.6) is 5.75 Å². The molecule has 0 unspecified atom stereocenters. The van der Waals surface area contributed by atoms with Gasteiger partial charge in [0.1, 0.15) is 5.75 Å². The lowest BCUT2D eigenvalue weighted by Gasteiger charge is -2.26. The number of ether oxygens (including phenoxy) is 1. The molecule has 0 heterocycles. The number of nitrogens with zero attached hydrogens (tertiary/aromatic N) is 2. The summed E-state index contributed by atoms with van der Waals surface area (Å²) in [7, 11) is 1.58. The summed E-state index contributed by atoms with van der Waals surface area (Å²) < 4.78 is 5.32. The Morgan fingerprint density at radius 1 is 1.45 bits per heavy atom. The normalized spacial score (nSPS) is 12.2. The van der Waals surface area contributed by atoms with E-state index in [-0.39, 0.29) is 5.84 Å². The standard InChI is InChI=1S/C15H25N3O2/c1-5-8-18(11(2)3)10-12-6-7-13(15(16)17-19)14(9-12)20-4/h6-7,9,11,19H,5,8,10H2,1-4H3,(H2,16,17). The fourth-order valence-electron chi connectivity index (χ4n) is 2.14. The van der Waals surface area contributed by atoms with Crippen molar-refractivity contribution in [1.82, 2.24) is 4.90 Å². The summed E-state index contributed by atoms with van der Waals surface area (Å²) in [6.07, 6.45) is 1.12. The Labute approximate surface area is 121 Å². The smallest absolute Gasteiger partial charge is 0.173 e. The van der Waals surface area contributed by atoms with Crippen LogP contribution in [-0.2, 0) is 6.54 Å². The van der Waals surface area contributed by atoms with Crippen LogP contribution in [0.4, 0.5) is 0 Å². The van der Waals surface area contributed by atoms with Crippen molar-refractivity contribution in [3.63, 3.8) is 0 Å². The van der Waals surface area contributed by atoms with Gasteiger partial charge in [-0.15, -0.1) is 0 Å². The molecule has 1 aromatic rings. The second-order valence-corrected chi connectivity index (χ2v) is 5.08. The van der Waals surface area contributed by atoms with Crippen molar-refractivity contribution in [3.05, 3.63) is 29.3 Å². The number of methoxy groups -OCH3 is 1. The summed E-state index contributed by atoms with van der Waals surface area (Å²) >= 11 is 0. The Morgan fingerprint density at radius 3 is 2.65 bits per heavy atom. The highest BCUT2D eigenvalue weighted by Gasteiger charge is 2.12. The van der Waals surface area contributed by atoms with E-state index < -0.39 is 0 Å². The van der Waals surface area contributed by atoms with Crippen molar-refractivity contribution in [2.75, 3.05) is 13.7 Å². The molecule has 0 saturated carbocycles. The Kier molecular flexibility index (Phi) is 6.31. The van der Waals surface area contributed by atoms with Gasteiger partial charge >= 0.3 is 0 Å². The molecule has 0 atom stereocenters. The van der Waals surface area contributed by atoms with E-state index in [2.05, 4.69) is 30.8 Å². The third-order valence-corrected chi connectivity index (χ3v) is 3.28. The van der Waals surface area contributed by atoms with E-state index in [4.69, 9.17) is 15.7 Å². The van der Waals surface area contributed by atoms with Crippen LogP contribution in [0, 0.1) is 0 Å². The third kappa shape index (κ3) is 4.13. The number of hydrogen-bond donors (Lipinski definition) is 2. The topological polar surface area (TPSA) is 71.1 Å². The van der Waals surface area contributed by atoms with E-state index in [1.54, 1.807) is 7.11 Å². The van der Waals surface area contributed by atoms with Gasteiger partial charge in [-0.1, -0.05) is 18.1 Å². The zero-order chi connectivity index (χ0) is 15.1. The van der Waals surface area contributed by atoms with E-state index in [9.17, 15) is 0 Å². The zero-order valence-corrected chi connectivity index (χ0v) is 12.8. The number of amidine groups is 1. The van der Waals surface area contributed by atoms with Crippen LogP contribution in [0.15, 0.2) is 23.4 Å². The Bertz CT molecular complexity index is 458. The van der Waals surface area contributed by atoms with Crippen molar-refractivity contribution < 1.29 is 9.94 Å². The van der Waals surface area contributed by atoms with Gasteiger partial charge in [-0.2, -0.15) is 0 Å². The highest BCUT2D eigenvalue weighted by molar-refractivity contribution is 5.99. The van der Waals surface area contributed by atoms with Gasteiger partial charge in [-0.3, -0.25) is 4.90 Å². The van der Waals surface area contributed by atoms with Crippen molar-refractivity contribution in [1.29, 1.82) is 0 Å². The van der Waals surface area contributed by atoms with Crippen LogP contribution < -0.4 is 10.5 Å². The summed E-state index contributed by atoms with van der Waals surface area (Å²) in [6, 6.07) is 6.25. The fraction of sp³-hybridized carbons (Fsp3) is 0.533. The lowest BCUT2D eigenvalue weighted by molar-refractivity contribution is 0.213. The molecule has 0 aliphatic rings. The molecule has 0 aromatic heterocycles. The Hall–Kier alpha value is -1.75. The van der Waals surface area contributed by atoms with E-state index in [0.29, 0.717) is 17.4 Å². The molecule has 1 rings (SSSR count). The second kappa shape index (κ2) is 7.75. The molecule has 5 heteroatoms. The molecule has 0 bridgehead atoms. The molecule has 112 valence electrons. The van der Waals surface area contributed by atoms with Crippen LogP contribution in [0.3, 0.4) is 0 Å². The van der Waals surface area contributed by atoms with Gasteiger partial charge in [0.15, 0.2) is 5.84 Å². The highest BCUT2D eigenvalue weighted by Crippen LogP contribution is 2.21. The molecule has 0 fully saturated rings. The fourth-order valence-corrected chi connectivity index (χ4v) is 2.14. The SMILES string of the molecule is CCCN(Cc1ccc(/C(N)=N/O)c(OC)c1)C(C)C. The molecule has 1 aromatic carbocycles. The summed E-state index contributed by atoms with van der Waals surface area (Å²) in [5.41, 5.74) is 7.38. The van der Waals surface area contributed by atoms with Gasteiger partial charge in [0.25, 0.3) is 0 Å².